The van der Waals surface area contributed by atoms with Crippen molar-refractivity contribution in [3.63, 3.8) is 0 Å². The number of amides is 2. The molecule has 0 bridgehead atoms. The van der Waals surface area contributed by atoms with Crippen LogP contribution in [-0.4, -0.2) is 45.2 Å². The third-order valence-corrected chi connectivity index (χ3v) is 4.67. The van der Waals surface area contributed by atoms with Gasteiger partial charge in [-0.25, -0.2) is 0 Å². The van der Waals surface area contributed by atoms with Gasteiger partial charge in [0.15, 0.2) is 0 Å². The summed E-state index contributed by atoms with van der Waals surface area (Å²) in [6.45, 7) is 4.60. The Morgan fingerprint density at radius 2 is 1.71 bits per heavy atom. The zero-order valence-electron chi connectivity index (χ0n) is 16.1. The molecule has 0 aliphatic carbocycles. The van der Waals surface area contributed by atoms with Crippen LogP contribution in [0, 0.1) is 0 Å². The number of para-hydroxylation sites is 2. The Bertz CT molecular complexity index is 817. The van der Waals surface area contributed by atoms with Crippen molar-refractivity contribution in [2.45, 2.75) is 13.0 Å². The Hall–Kier alpha value is -3.06. The summed E-state index contributed by atoms with van der Waals surface area (Å²) in [6, 6.07) is 14.5. The first-order valence-electron chi connectivity index (χ1n) is 9.26. The van der Waals surface area contributed by atoms with Gasteiger partial charge in [-0.05, 0) is 36.8 Å². The maximum atomic E-state index is 12.4. The van der Waals surface area contributed by atoms with Gasteiger partial charge in [0.05, 0.1) is 37.7 Å². The molecule has 7 heteroatoms. The average molecular weight is 383 g/mol. The molecule has 1 aliphatic heterocycles. The molecule has 2 amide bonds. The second-order valence-electron chi connectivity index (χ2n) is 6.54. The normalized spacial score (nSPS) is 14.9. The lowest BCUT2D eigenvalue weighted by Gasteiger charge is -2.30. The van der Waals surface area contributed by atoms with E-state index in [1.807, 2.05) is 49.4 Å². The van der Waals surface area contributed by atoms with Gasteiger partial charge in [-0.2, -0.15) is 0 Å². The van der Waals surface area contributed by atoms with Crippen LogP contribution < -0.4 is 20.3 Å². The van der Waals surface area contributed by atoms with Crippen LogP contribution in [0.1, 0.15) is 18.5 Å². The Morgan fingerprint density at radius 3 is 2.39 bits per heavy atom. The molecule has 2 aromatic rings. The summed E-state index contributed by atoms with van der Waals surface area (Å²) in [4.78, 5) is 26.9. The van der Waals surface area contributed by atoms with Crippen molar-refractivity contribution in [3.05, 3.63) is 54.1 Å². The summed E-state index contributed by atoms with van der Waals surface area (Å²) in [5, 5.41) is 5.46. The quantitative estimate of drug-likeness (QED) is 0.775. The third kappa shape index (κ3) is 4.80. The largest absolute Gasteiger partial charge is 0.497 e. The monoisotopic (exact) mass is 383 g/mol. The highest BCUT2D eigenvalue weighted by molar-refractivity contribution is 6.40. The van der Waals surface area contributed by atoms with E-state index in [1.54, 1.807) is 13.2 Å². The molecule has 1 unspecified atom stereocenters. The van der Waals surface area contributed by atoms with Gasteiger partial charge in [-0.1, -0.05) is 24.3 Å². The van der Waals surface area contributed by atoms with Crippen molar-refractivity contribution < 1.29 is 19.1 Å². The molecule has 0 saturated carbocycles. The van der Waals surface area contributed by atoms with Crippen LogP contribution in [-0.2, 0) is 14.3 Å². The van der Waals surface area contributed by atoms with Gasteiger partial charge in [0.1, 0.15) is 5.75 Å². The van der Waals surface area contributed by atoms with Crippen molar-refractivity contribution in [2.75, 3.05) is 43.6 Å². The lowest BCUT2D eigenvalue weighted by atomic mass is 10.1. The Labute approximate surface area is 164 Å². The molecule has 28 heavy (non-hydrogen) atoms. The molecule has 7 nitrogen and oxygen atoms in total. The van der Waals surface area contributed by atoms with Crippen molar-refractivity contribution in [1.82, 2.24) is 5.32 Å². The number of carbonyl (C=O) groups is 2. The van der Waals surface area contributed by atoms with Crippen molar-refractivity contribution in [2.24, 2.45) is 0 Å². The van der Waals surface area contributed by atoms with Crippen LogP contribution in [0.2, 0.25) is 0 Å². The number of benzene rings is 2. The number of hydrogen-bond donors (Lipinski definition) is 2. The fraction of sp³-hybridized carbons (Fsp3) is 0.333. The molecule has 0 spiro atoms. The van der Waals surface area contributed by atoms with Crippen molar-refractivity contribution in [3.8, 4) is 5.75 Å². The van der Waals surface area contributed by atoms with Gasteiger partial charge in [0.25, 0.3) is 0 Å². The number of anilines is 2. The second kappa shape index (κ2) is 9.23. The molecular formula is C21H25N3O4. The molecule has 0 aromatic heterocycles. The summed E-state index contributed by atoms with van der Waals surface area (Å²) >= 11 is 0. The molecule has 3 rings (SSSR count). The van der Waals surface area contributed by atoms with Gasteiger partial charge in [-0.3, -0.25) is 9.59 Å². The minimum Gasteiger partial charge on any atom is -0.497 e. The maximum absolute atomic E-state index is 12.4. The zero-order valence-corrected chi connectivity index (χ0v) is 16.1. The van der Waals surface area contributed by atoms with E-state index in [1.165, 1.54) is 0 Å². The van der Waals surface area contributed by atoms with Crippen LogP contribution in [0.3, 0.4) is 0 Å². The number of nitrogens with zero attached hydrogens (tertiary/aromatic N) is 1. The van der Waals surface area contributed by atoms with Gasteiger partial charge >= 0.3 is 11.8 Å². The fourth-order valence-electron chi connectivity index (χ4n) is 3.08. The number of morpholine rings is 1. The Balaban J connectivity index is 1.63. The first kappa shape index (κ1) is 19.7. The SMILES string of the molecule is COc1ccc(C(C)NC(=O)C(=O)Nc2ccccc2N2CCOCC2)cc1. The summed E-state index contributed by atoms with van der Waals surface area (Å²) in [5.74, 6) is -0.638. The predicted molar refractivity (Wildman–Crippen MR) is 108 cm³/mol. The van der Waals surface area contributed by atoms with Crippen LogP contribution >= 0.6 is 0 Å². The first-order valence-corrected chi connectivity index (χ1v) is 9.26. The van der Waals surface area contributed by atoms with E-state index in [-0.39, 0.29) is 6.04 Å². The summed E-state index contributed by atoms with van der Waals surface area (Å²) in [7, 11) is 1.60. The minimum absolute atomic E-state index is 0.307. The van der Waals surface area contributed by atoms with Gasteiger partial charge in [0, 0.05) is 13.1 Å². The highest BCUT2D eigenvalue weighted by atomic mass is 16.5. The number of hydrogen-bond acceptors (Lipinski definition) is 5. The number of methoxy groups -OCH3 is 1. The van der Waals surface area contributed by atoms with Crippen LogP contribution in [0.4, 0.5) is 11.4 Å². The van der Waals surface area contributed by atoms with E-state index in [2.05, 4.69) is 15.5 Å². The van der Waals surface area contributed by atoms with Gasteiger partial charge in [0.2, 0.25) is 0 Å². The molecule has 1 saturated heterocycles. The minimum atomic E-state index is -0.693. The van der Waals surface area contributed by atoms with Crippen LogP contribution in [0.15, 0.2) is 48.5 Å². The van der Waals surface area contributed by atoms with Gasteiger partial charge < -0.3 is 25.0 Å². The standard InChI is InChI=1S/C21H25N3O4/c1-15(16-7-9-17(27-2)10-8-16)22-20(25)21(26)23-18-5-3-4-6-19(18)24-11-13-28-14-12-24/h3-10,15H,11-14H2,1-2H3,(H,22,25)(H,23,26). The van der Waals surface area contributed by atoms with Crippen LogP contribution in [0.25, 0.3) is 0 Å². The Kier molecular flexibility index (Phi) is 6.49. The number of carbonyl (C=O) groups excluding carboxylic acids is 2. The number of nitrogens with one attached hydrogen (secondary N) is 2. The van der Waals surface area contributed by atoms with Crippen molar-refractivity contribution in [1.29, 1.82) is 0 Å². The molecular weight excluding hydrogens is 358 g/mol. The summed E-state index contributed by atoms with van der Waals surface area (Å²) in [5.41, 5.74) is 2.38. The second-order valence-corrected chi connectivity index (χ2v) is 6.54. The predicted octanol–water partition coefficient (Wildman–Crippen LogP) is 2.35. The lowest BCUT2D eigenvalue weighted by molar-refractivity contribution is -0.136. The average Bonchev–Trinajstić information content (AvgIpc) is 2.74. The maximum Gasteiger partial charge on any atom is 0.313 e. The Morgan fingerprint density at radius 1 is 1.04 bits per heavy atom. The molecule has 1 heterocycles. The van der Waals surface area contributed by atoms with E-state index >= 15 is 0 Å². The number of rotatable bonds is 5. The first-order chi connectivity index (χ1) is 13.6. The smallest absolute Gasteiger partial charge is 0.313 e. The highest BCUT2D eigenvalue weighted by Gasteiger charge is 2.20. The van der Waals surface area contributed by atoms with E-state index in [0.717, 1.165) is 30.1 Å². The molecule has 1 atom stereocenters. The molecule has 2 N–H and O–H groups in total. The lowest BCUT2D eigenvalue weighted by Crippen LogP contribution is -2.39. The fourth-order valence-corrected chi connectivity index (χ4v) is 3.08. The van der Waals surface area contributed by atoms with E-state index < -0.39 is 11.8 Å². The highest BCUT2D eigenvalue weighted by Crippen LogP contribution is 2.26. The van der Waals surface area contributed by atoms with Crippen LogP contribution in [0.5, 0.6) is 5.75 Å². The van der Waals surface area contributed by atoms with E-state index in [9.17, 15) is 9.59 Å². The van der Waals surface area contributed by atoms with Gasteiger partial charge in [-0.15, -0.1) is 0 Å². The molecule has 1 fully saturated rings. The number of ether oxygens (including phenoxy) is 2. The topological polar surface area (TPSA) is 79.9 Å². The van der Waals surface area contributed by atoms with E-state index in [0.29, 0.717) is 18.9 Å². The summed E-state index contributed by atoms with van der Waals surface area (Å²) < 4.78 is 10.5. The molecule has 2 aromatic carbocycles. The molecule has 0 radical (unpaired) electrons. The third-order valence-electron chi connectivity index (χ3n) is 4.67. The zero-order chi connectivity index (χ0) is 19.9. The van der Waals surface area contributed by atoms with Crippen molar-refractivity contribution >= 4 is 23.2 Å². The summed E-state index contributed by atoms with van der Waals surface area (Å²) in [6.07, 6.45) is 0. The van der Waals surface area contributed by atoms with E-state index in [4.69, 9.17) is 9.47 Å². The molecule has 148 valence electrons. The molecule has 1 aliphatic rings.